The summed E-state index contributed by atoms with van der Waals surface area (Å²) in [7, 11) is 3.13. The third-order valence-electron chi connectivity index (χ3n) is 6.54. The number of benzene rings is 3. The molecule has 0 spiro atoms. The summed E-state index contributed by atoms with van der Waals surface area (Å²) in [6.07, 6.45) is 0. The highest BCUT2D eigenvalue weighted by molar-refractivity contribution is 6.31. The van der Waals surface area contributed by atoms with E-state index in [0.29, 0.717) is 50.1 Å². The van der Waals surface area contributed by atoms with Crippen LogP contribution in [0.25, 0.3) is 10.9 Å². The molecule has 0 saturated carbocycles. The van der Waals surface area contributed by atoms with Crippen molar-refractivity contribution in [3.8, 4) is 11.5 Å². The van der Waals surface area contributed by atoms with Crippen molar-refractivity contribution in [3.05, 3.63) is 93.0 Å². The summed E-state index contributed by atoms with van der Waals surface area (Å²) in [4.78, 5) is 45.4. The highest BCUT2D eigenvalue weighted by Crippen LogP contribution is 2.32. The zero-order chi connectivity index (χ0) is 27.0. The minimum atomic E-state index is -0.452. The Labute approximate surface area is 223 Å². The molecule has 1 atom stereocenters. The Bertz CT molecular complexity index is 1600. The number of fused-ring (bicyclic) bond motifs is 2. The number of hydrogen-bond acceptors (Lipinski definition) is 7. The second kappa shape index (κ2) is 10.2. The normalized spacial score (nSPS) is 13.5. The van der Waals surface area contributed by atoms with Gasteiger partial charge in [-0.3, -0.25) is 23.9 Å². The molecule has 1 aromatic heterocycles. The fourth-order valence-electron chi connectivity index (χ4n) is 4.61. The summed E-state index contributed by atoms with van der Waals surface area (Å²) < 4.78 is 12.3. The number of nitrogens with zero attached hydrogens (tertiary/aromatic N) is 3. The summed E-state index contributed by atoms with van der Waals surface area (Å²) in [5.41, 5.74) is 1.56. The van der Waals surface area contributed by atoms with Crippen LogP contribution in [0.5, 0.6) is 11.5 Å². The molecule has 1 N–H and O–H groups in total. The van der Waals surface area contributed by atoms with E-state index in [9.17, 15) is 14.4 Å². The number of methoxy groups -OCH3 is 2. The number of carbonyl (C=O) groups is 2. The molecular weight excluding hydrogens is 508 g/mol. The number of anilines is 1. The van der Waals surface area contributed by atoms with Gasteiger partial charge in [0.05, 0.1) is 48.0 Å². The minimum Gasteiger partial charge on any atom is -0.497 e. The molecule has 5 rings (SSSR count). The van der Waals surface area contributed by atoms with Crippen LogP contribution in [0.3, 0.4) is 0 Å². The number of hydrogen-bond donors (Lipinski definition) is 1. The van der Waals surface area contributed by atoms with Crippen LogP contribution in [0, 0.1) is 0 Å². The number of ether oxygens (including phenoxy) is 2. The van der Waals surface area contributed by atoms with Gasteiger partial charge in [-0.1, -0.05) is 23.7 Å². The SMILES string of the molecule is COc1ccc(NC(C)c2nc3ccc(Cl)cc3c(=O)n2CCN2C(=O)c3ccccc3C2=O)c(OC)c1. The highest BCUT2D eigenvalue weighted by atomic mass is 35.5. The first-order valence-electron chi connectivity index (χ1n) is 12.0. The lowest BCUT2D eigenvalue weighted by Crippen LogP contribution is -2.37. The first kappa shape index (κ1) is 25.3. The molecule has 3 aromatic carbocycles. The van der Waals surface area contributed by atoms with E-state index in [1.165, 1.54) is 4.57 Å². The summed E-state index contributed by atoms with van der Waals surface area (Å²) in [6, 6.07) is 16.5. The molecule has 2 amide bonds. The van der Waals surface area contributed by atoms with Gasteiger partial charge in [0.25, 0.3) is 17.4 Å². The van der Waals surface area contributed by atoms with E-state index in [4.69, 9.17) is 26.1 Å². The molecule has 0 saturated heterocycles. The summed E-state index contributed by atoms with van der Waals surface area (Å²) in [6.45, 7) is 1.93. The van der Waals surface area contributed by atoms with Crippen molar-refractivity contribution < 1.29 is 19.1 Å². The molecule has 9 nitrogen and oxygen atoms in total. The van der Waals surface area contributed by atoms with Crippen molar-refractivity contribution in [2.24, 2.45) is 0 Å². The van der Waals surface area contributed by atoms with Gasteiger partial charge in [0.2, 0.25) is 0 Å². The van der Waals surface area contributed by atoms with E-state index >= 15 is 0 Å². The molecule has 0 fully saturated rings. The second-order valence-corrected chi connectivity index (χ2v) is 9.26. The van der Waals surface area contributed by atoms with Gasteiger partial charge in [-0.2, -0.15) is 0 Å². The number of imide groups is 1. The van der Waals surface area contributed by atoms with Crippen molar-refractivity contribution in [3.63, 3.8) is 0 Å². The number of halogens is 1. The Morgan fingerprint density at radius 2 is 1.63 bits per heavy atom. The fraction of sp³-hybridized carbons (Fsp3) is 0.214. The first-order chi connectivity index (χ1) is 18.3. The van der Waals surface area contributed by atoms with E-state index in [1.54, 1.807) is 68.8 Å². The Kier molecular flexibility index (Phi) is 6.77. The number of nitrogens with one attached hydrogen (secondary N) is 1. The van der Waals surface area contributed by atoms with Gasteiger partial charge in [0, 0.05) is 24.2 Å². The molecule has 1 aliphatic heterocycles. The summed E-state index contributed by atoms with van der Waals surface area (Å²) >= 11 is 6.17. The lowest BCUT2D eigenvalue weighted by atomic mass is 10.1. The molecule has 10 heteroatoms. The van der Waals surface area contributed by atoms with E-state index in [2.05, 4.69) is 5.32 Å². The predicted octanol–water partition coefficient (Wildman–Crippen LogP) is 4.54. The van der Waals surface area contributed by atoms with Crippen molar-refractivity contribution in [2.45, 2.75) is 19.5 Å². The van der Waals surface area contributed by atoms with Crippen LogP contribution in [0.1, 0.15) is 39.5 Å². The Hall–Kier alpha value is -4.37. The van der Waals surface area contributed by atoms with E-state index in [-0.39, 0.29) is 30.5 Å². The van der Waals surface area contributed by atoms with Gasteiger partial charge in [0.15, 0.2) is 0 Å². The maximum absolute atomic E-state index is 13.7. The zero-order valence-corrected chi connectivity index (χ0v) is 21.8. The van der Waals surface area contributed by atoms with Gasteiger partial charge >= 0.3 is 0 Å². The maximum Gasteiger partial charge on any atom is 0.261 e. The molecule has 0 aliphatic carbocycles. The molecular formula is C28H25ClN4O5. The monoisotopic (exact) mass is 532 g/mol. The topological polar surface area (TPSA) is 103 Å². The number of carbonyl (C=O) groups excluding carboxylic acids is 2. The summed E-state index contributed by atoms with van der Waals surface area (Å²) in [5, 5.41) is 4.11. The van der Waals surface area contributed by atoms with Crippen LogP contribution >= 0.6 is 11.6 Å². The third-order valence-corrected chi connectivity index (χ3v) is 6.77. The molecule has 4 aromatic rings. The van der Waals surface area contributed by atoms with Gasteiger partial charge in [-0.15, -0.1) is 0 Å². The van der Waals surface area contributed by atoms with Gasteiger partial charge in [-0.05, 0) is 49.4 Å². The standard InChI is InChI=1S/C28H25ClN4O5/c1-16(30-23-11-9-18(37-2)15-24(23)38-3)25-31-22-10-8-17(29)14-21(22)28(36)32(25)12-13-33-26(34)19-6-4-5-7-20(19)27(33)35/h4-11,14-16,30H,12-13H2,1-3H3. The Balaban J connectivity index is 1.52. The van der Waals surface area contributed by atoms with Gasteiger partial charge < -0.3 is 14.8 Å². The average molecular weight is 533 g/mol. The molecule has 1 aliphatic rings. The lowest BCUT2D eigenvalue weighted by molar-refractivity contribution is 0.0648. The fourth-order valence-corrected chi connectivity index (χ4v) is 4.79. The quantitative estimate of drug-likeness (QED) is 0.332. The van der Waals surface area contributed by atoms with Crippen LogP contribution in [-0.4, -0.2) is 47.0 Å². The third kappa shape index (κ3) is 4.45. The van der Waals surface area contributed by atoms with Crippen LogP contribution in [0.4, 0.5) is 5.69 Å². The Morgan fingerprint density at radius 1 is 0.921 bits per heavy atom. The van der Waals surface area contributed by atoms with Crippen molar-refractivity contribution in [1.29, 1.82) is 0 Å². The molecule has 2 heterocycles. The molecule has 194 valence electrons. The van der Waals surface area contributed by atoms with Crippen molar-refractivity contribution in [2.75, 3.05) is 26.1 Å². The Morgan fingerprint density at radius 3 is 2.29 bits per heavy atom. The number of rotatable bonds is 8. The molecule has 0 bridgehead atoms. The maximum atomic E-state index is 13.7. The van der Waals surface area contributed by atoms with Crippen LogP contribution in [0.15, 0.2) is 65.5 Å². The molecule has 0 radical (unpaired) electrons. The van der Waals surface area contributed by atoms with E-state index in [1.807, 2.05) is 13.0 Å². The predicted molar refractivity (Wildman–Crippen MR) is 144 cm³/mol. The van der Waals surface area contributed by atoms with E-state index in [0.717, 1.165) is 4.90 Å². The number of aromatic nitrogens is 2. The van der Waals surface area contributed by atoms with Crippen LogP contribution < -0.4 is 20.3 Å². The van der Waals surface area contributed by atoms with Crippen molar-refractivity contribution in [1.82, 2.24) is 14.5 Å². The molecule has 1 unspecified atom stereocenters. The van der Waals surface area contributed by atoms with Gasteiger partial charge in [-0.25, -0.2) is 4.98 Å². The van der Waals surface area contributed by atoms with E-state index < -0.39 is 6.04 Å². The second-order valence-electron chi connectivity index (χ2n) is 8.83. The lowest BCUT2D eigenvalue weighted by Gasteiger charge is -2.23. The first-order valence-corrected chi connectivity index (χ1v) is 12.3. The van der Waals surface area contributed by atoms with Crippen LogP contribution in [-0.2, 0) is 6.54 Å². The number of amides is 2. The zero-order valence-electron chi connectivity index (χ0n) is 21.0. The highest BCUT2D eigenvalue weighted by Gasteiger charge is 2.35. The molecule has 38 heavy (non-hydrogen) atoms. The van der Waals surface area contributed by atoms with Crippen LogP contribution in [0.2, 0.25) is 5.02 Å². The van der Waals surface area contributed by atoms with Gasteiger partial charge in [0.1, 0.15) is 17.3 Å². The summed E-state index contributed by atoms with van der Waals surface area (Å²) in [5.74, 6) is 0.860. The smallest absolute Gasteiger partial charge is 0.261 e. The largest absolute Gasteiger partial charge is 0.497 e. The minimum absolute atomic E-state index is 0.00554. The average Bonchev–Trinajstić information content (AvgIpc) is 3.17. The van der Waals surface area contributed by atoms with Crippen molar-refractivity contribution >= 4 is 40.0 Å².